The lowest BCUT2D eigenvalue weighted by Gasteiger charge is -2.24. The summed E-state index contributed by atoms with van der Waals surface area (Å²) in [6.07, 6.45) is -1.13. The molecule has 9 nitrogen and oxygen atoms in total. The van der Waals surface area contributed by atoms with E-state index in [4.69, 9.17) is 0 Å². The van der Waals surface area contributed by atoms with Crippen LogP contribution in [0.2, 0.25) is 0 Å². The van der Waals surface area contributed by atoms with Gasteiger partial charge in [0.2, 0.25) is 10.3 Å². The number of carbonyl (C=O) groups excluding carboxylic acids is 1. The predicted octanol–water partition coefficient (Wildman–Crippen LogP) is 0.397. The van der Waals surface area contributed by atoms with Crippen molar-refractivity contribution in [2.24, 2.45) is 0 Å². The Morgan fingerprint density at radius 3 is 2.30 bits per heavy atom. The fraction of sp³-hybridized carbons (Fsp3) is 0.833. The summed E-state index contributed by atoms with van der Waals surface area (Å²) in [5.74, 6) is 0. The zero-order chi connectivity index (χ0) is 15.8. The van der Waals surface area contributed by atoms with Gasteiger partial charge in [-0.15, -0.1) is 0 Å². The van der Waals surface area contributed by atoms with E-state index in [1.54, 1.807) is 4.13 Å². The fourth-order valence-electron chi connectivity index (χ4n) is 0.926. The Labute approximate surface area is 111 Å². The first-order valence-electron chi connectivity index (χ1n) is 4.57. The number of alkyl halides is 3. The highest BCUT2D eigenvalue weighted by Gasteiger charge is 2.42. The van der Waals surface area contributed by atoms with Crippen molar-refractivity contribution >= 4 is 26.5 Å². The SMILES string of the molecule is CC1(COS(=O)(=O)[N-]S(=O)(=O)C(F)(F)F)COC(=O)O1. The van der Waals surface area contributed by atoms with E-state index < -0.39 is 50.8 Å². The number of carbonyl (C=O) groups is 1. The lowest BCUT2D eigenvalue weighted by Crippen LogP contribution is -2.35. The van der Waals surface area contributed by atoms with Crippen molar-refractivity contribution < 1.29 is 48.5 Å². The number of cyclic esters (lactones) is 2. The molecule has 1 saturated heterocycles. The van der Waals surface area contributed by atoms with Crippen molar-refractivity contribution in [2.75, 3.05) is 13.2 Å². The van der Waals surface area contributed by atoms with Gasteiger partial charge in [-0.1, -0.05) is 0 Å². The van der Waals surface area contributed by atoms with Crippen LogP contribution >= 0.6 is 0 Å². The molecule has 0 radical (unpaired) electrons. The molecule has 0 spiro atoms. The highest BCUT2D eigenvalue weighted by atomic mass is 32.3. The molecule has 0 N–H and O–H groups in total. The van der Waals surface area contributed by atoms with Gasteiger partial charge >= 0.3 is 11.7 Å². The van der Waals surface area contributed by atoms with E-state index in [9.17, 15) is 34.8 Å². The zero-order valence-corrected chi connectivity index (χ0v) is 11.2. The van der Waals surface area contributed by atoms with E-state index in [-0.39, 0.29) is 0 Å². The number of hydrogen-bond acceptors (Lipinski definition) is 8. The van der Waals surface area contributed by atoms with Crippen LogP contribution in [0.1, 0.15) is 6.92 Å². The van der Waals surface area contributed by atoms with Crippen molar-refractivity contribution in [2.45, 2.75) is 18.0 Å². The lowest BCUT2D eigenvalue weighted by molar-refractivity contribution is -0.0425. The first-order valence-corrected chi connectivity index (χ1v) is 7.38. The third kappa shape index (κ3) is 4.19. The van der Waals surface area contributed by atoms with Gasteiger partial charge in [0.15, 0.2) is 15.6 Å². The first-order chi connectivity index (χ1) is 8.77. The molecule has 1 aliphatic rings. The van der Waals surface area contributed by atoms with Crippen molar-refractivity contribution in [3.05, 3.63) is 4.13 Å². The van der Waals surface area contributed by atoms with Crippen LogP contribution in [0, 0.1) is 0 Å². The van der Waals surface area contributed by atoms with Crippen LogP contribution in [0.15, 0.2) is 0 Å². The maximum absolute atomic E-state index is 11.9. The van der Waals surface area contributed by atoms with Gasteiger partial charge < -0.3 is 13.6 Å². The Kier molecular flexibility index (Phi) is 4.24. The summed E-state index contributed by atoms with van der Waals surface area (Å²) in [6.45, 7) is -0.225. The monoisotopic (exact) mass is 342 g/mol. The molecule has 1 atom stereocenters. The Morgan fingerprint density at radius 1 is 1.35 bits per heavy atom. The Balaban J connectivity index is 2.71. The van der Waals surface area contributed by atoms with E-state index in [0.717, 1.165) is 6.92 Å². The molecule has 0 saturated carbocycles. The van der Waals surface area contributed by atoms with Gasteiger partial charge in [-0.2, -0.15) is 13.2 Å². The van der Waals surface area contributed by atoms with E-state index >= 15 is 0 Å². The second kappa shape index (κ2) is 5.01. The molecule has 0 aromatic rings. The third-order valence-corrected chi connectivity index (χ3v) is 4.34. The van der Waals surface area contributed by atoms with Crippen molar-refractivity contribution in [1.29, 1.82) is 0 Å². The molecule has 0 aliphatic carbocycles. The van der Waals surface area contributed by atoms with Crippen LogP contribution in [-0.4, -0.2) is 47.3 Å². The Hall–Kier alpha value is -1.12. The van der Waals surface area contributed by atoms with Crippen LogP contribution in [0.5, 0.6) is 0 Å². The lowest BCUT2D eigenvalue weighted by atomic mass is 10.1. The Morgan fingerprint density at radius 2 is 1.90 bits per heavy atom. The maximum Gasteiger partial charge on any atom is 0.509 e. The molecule has 1 aliphatic heterocycles. The summed E-state index contributed by atoms with van der Waals surface area (Å²) in [6, 6.07) is 0. The summed E-state index contributed by atoms with van der Waals surface area (Å²) in [4.78, 5) is 10.6. The number of halogens is 3. The summed E-state index contributed by atoms with van der Waals surface area (Å²) in [5, 5.41) is 0. The molecule has 1 rings (SSSR count). The molecule has 20 heavy (non-hydrogen) atoms. The average Bonchev–Trinajstić information content (AvgIpc) is 2.54. The zero-order valence-electron chi connectivity index (χ0n) is 9.58. The van der Waals surface area contributed by atoms with Crippen LogP contribution < -0.4 is 0 Å². The predicted molar refractivity (Wildman–Crippen MR) is 54.0 cm³/mol. The first kappa shape index (κ1) is 16.9. The standard InChI is InChI=1S/C6H7F3NO8S2/c1-5(2-16-4(11)18-5)3-17-20(14,15)10-19(12,13)6(7,8)9/h2-3H2,1H3/q-1. The van der Waals surface area contributed by atoms with Gasteiger partial charge in [-0.25, -0.2) is 21.6 Å². The van der Waals surface area contributed by atoms with Crippen LogP contribution in [0.4, 0.5) is 18.0 Å². The largest absolute Gasteiger partial charge is 0.509 e. The number of hydrogen-bond donors (Lipinski definition) is 0. The summed E-state index contributed by atoms with van der Waals surface area (Å²) >= 11 is 0. The maximum atomic E-state index is 11.9. The second-order valence-corrected chi connectivity index (χ2v) is 6.88. The van der Waals surface area contributed by atoms with Crippen LogP contribution in [0.3, 0.4) is 0 Å². The molecule has 14 heteroatoms. The van der Waals surface area contributed by atoms with Crippen molar-refractivity contribution in [1.82, 2.24) is 0 Å². The normalized spacial score (nSPS) is 24.3. The molecule has 1 unspecified atom stereocenters. The van der Waals surface area contributed by atoms with E-state index in [1.807, 2.05) is 0 Å². The molecular weight excluding hydrogens is 335 g/mol. The van der Waals surface area contributed by atoms with Crippen LogP contribution in [-0.2, 0) is 34.0 Å². The molecular formula is C6H7F3NO8S2-. The minimum absolute atomic E-state index is 0.423. The van der Waals surface area contributed by atoms with Crippen molar-refractivity contribution in [3.8, 4) is 0 Å². The number of nitrogens with zero attached hydrogens (tertiary/aromatic N) is 1. The second-order valence-electron chi connectivity index (χ2n) is 3.78. The van der Waals surface area contributed by atoms with Crippen molar-refractivity contribution in [3.63, 3.8) is 0 Å². The van der Waals surface area contributed by atoms with Gasteiger partial charge in [-0.05, 0) is 6.92 Å². The summed E-state index contributed by atoms with van der Waals surface area (Å²) in [5.41, 5.74) is -7.46. The molecule has 118 valence electrons. The molecule has 0 amide bonds. The molecule has 1 fully saturated rings. The number of rotatable bonds is 5. The number of sulfonamides is 1. The van der Waals surface area contributed by atoms with Gasteiger partial charge in [0.05, 0.1) is 0 Å². The molecule has 0 aromatic carbocycles. The molecule has 0 aromatic heterocycles. The highest BCUT2D eigenvalue weighted by Crippen LogP contribution is 2.31. The fourth-order valence-corrected chi connectivity index (χ4v) is 2.80. The van der Waals surface area contributed by atoms with Gasteiger partial charge in [0.1, 0.15) is 13.2 Å². The summed E-state index contributed by atoms with van der Waals surface area (Å²) < 4.78 is 93.3. The topological polar surface area (TPSA) is 127 Å². The van der Waals surface area contributed by atoms with Crippen LogP contribution in [0.25, 0.3) is 4.13 Å². The molecule has 1 heterocycles. The van der Waals surface area contributed by atoms with Gasteiger partial charge in [0.25, 0.3) is 0 Å². The third-order valence-electron chi connectivity index (χ3n) is 1.82. The Bertz CT molecular complexity index is 596. The van der Waals surface area contributed by atoms with E-state index in [1.165, 1.54) is 0 Å². The average molecular weight is 342 g/mol. The quantitative estimate of drug-likeness (QED) is 0.657. The van der Waals surface area contributed by atoms with Gasteiger partial charge in [0, 0.05) is 0 Å². The smallest absolute Gasteiger partial charge is 0.430 e. The minimum Gasteiger partial charge on any atom is -0.430 e. The number of ether oxygens (including phenoxy) is 2. The highest BCUT2D eigenvalue weighted by molar-refractivity contribution is 8.10. The minimum atomic E-state index is -6.26. The van der Waals surface area contributed by atoms with Gasteiger partial charge in [-0.3, -0.25) is 4.18 Å². The summed E-state index contributed by atoms with van der Waals surface area (Å²) in [7, 11) is -11.7. The molecule has 0 bridgehead atoms. The van der Waals surface area contributed by atoms with E-state index in [2.05, 4.69) is 13.7 Å². The van der Waals surface area contributed by atoms with E-state index in [0.29, 0.717) is 0 Å².